The predicted molar refractivity (Wildman–Crippen MR) is 152 cm³/mol. The molecule has 2 atom stereocenters. The van der Waals surface area contributed by atoms with E-state index in [0.717, 1.165) is 27.8 Å². The van der Waals surface area contributed by atoms with Crippen LogP contribution in [0.1, 0.15) is 37.0 Å². The van der Waals surface area contributed by atoms with Crippen LogP contribution in [-0.4, -0.2) is 44.0 Å². The zero-order valence-electron chi connectivity index (χ0n) is 22.9. The quantitative estimate of drug-likeness (QED) is 0.178. The van der Waals surface area contributed by atoms with E-state index in [1.54, 1.807) is 7.11 Å². The highest BCUT2D eigenvalue weighted by Gasteiger charge is 2.21. The Balaban J connectivity index is 0.00000260. The normalized spacial score (nSPS) is 12.2. The number of esters is 1. The number of halogens is 2. The molecule has 39 heavy (non-hydrogen) atoms. The zero-order valence-corrected chi connectivity index (χ0v) is 23.7. The second-order valence-corrected chi connectivity index (χ2v) is 9.49. The third kappa shape index (κ3) is 11.7. The number of aryl methyl sites for hydroxylation is 1. The van der Waals surface area contributed by atoms with Crippen LogP contribution in [0.5, 0.6) is 5.75 Å². The average Bonchev–Trinajstić information content (AvgIpc) is 2.95. The summed E-state index contributed by atoms with van der Waals surface area (Å²) in [5, 5.41) is 14.2. The molecule has 3 aromatic carbocycles. The molecule has 0 bridgehead atoms. The predicted octanol–water partition coefficient (Wildman–Crippen LogP) is 5.46. The molecule has 6 nitrogen and oxygen atoms in total. The third-order valence-electron chi connectivity index (χ3n) is 5.76. The van der Waals surface area contributed by atoms with Gasteiger partial charge in [0.1, 0.15) is 17.4 Å². The van der Waals surface area contributed by atoms with Crippen LogP contribution in [0.2, 0.25) is 0 Å². The van der Waals surface area contributed by atoms with Gasteiger partial charge in [-0.1, -0.05) is 38.1 Å². The van der Waals surface area contributed by atoms with Crippen LogP contribution in [0.3, 0.4) is 0 Å². The number of rotatable bonds is 14. The van der Waals surface area contributed by atoms with Crippen molar-refractivity contribution < 1.29 is 28.2 Å². The third-order valence-corrected chi connectivity index (χ3v) is 6.68. The topological polar surface area (TPSA) is 79.8 Å². The van der Waals surface area contributed by atoms with Crippen LogP contribution in [0.25, 0.3) is 0 Å². The Bertz CT molecular complexity index is 1130. The molecule has 0 amide bonds. The molecule has 0 spiro atoms. The van der Waals surface area contributed by atoms with E-state index < -0.39 is 23.8 Å². The summed E-state index contributed by atoms with van der Waals surface area (Å²) in [5.41, 5.74) is 2.45. The maximum absolute atomic E-state index is 13.8. The molecule has 3 aromatic rings. The molecular formula is C30H38F2N2O4S. The summed E-state index contributed by atoms with van der Waals surface area (Å²) in [5.74, 6) is -0.824. The maximum atomic E-state index is 13.8. The molecule has 0 fully saturated rings. The smallest absolute Gasteiger partial charge is 0.305 e. The minimum atomic E-state index is -0.844. The van der Waals surface area contributed by atoms with Crippen LogP contribution < -0.4 is 14.8 Å². The lowest BCUT2D eigenvalue weighted by Gasteiger charge is -2.24. The maximum Gasteiger partial charge on any atom is 0.305 e. The van der Waals surface area contributed by atoms with Gasteiger partial charge in [0.15, 0.2) is 0 Å². The minimum absolute atomic E-state index is 0.223. The van der Waals surface area contributed by atoms with Crippen molar-refractivity contribution in [3.63, 3.8) is 0 Å². The van der Waals surface area contributed by atoms with Gasteiger partial charge in [-0.15, -0.1) is 0 Å². The molecule has 3 rings (SSSR count). The van der Waals surface area contributed by atoms with Crippen molar-refractivity contribution in [2.24, 2.45) is 0 Å². The average molecular weight is 561 g/mol. The Hall–Kier alpha value is -2.98. The first-order chi connectivity index (χ1) is 18.9. The van der Waals surface area contributed by atoms with Crippen LogP contribution in [-0.2, 0) is 28.9 Å². The molecule has 212 valence electrons. The number of hydrogen-bond donors (Lipinski definition) is 3. The zero-order chi connectivity index (χ0) is 28.6. The van der Waals surface area contributed by atoms with Gasteiger partial charge in [-0.05, 0) is 77.9 Å². The van der Waals surface area contributed by atoms with Gasteiger partial charge in [0.25, 0.3) is 0 Å². The number of nitrogens with one attached hydrogen (secondary N) is 2. The molecule has 0 aliphatic heterocycles. The van der Waals surface area contributed by atoms with Crippen molar-refractivity contribution in [3.05, 3.63) is 95.1 Å². The number of aliphatic hydroxyl groups excluding tert-OH is 1. The van der Waals surface area contributed by atoms with Crippen molar-refractivity contribution in [1.82, 2.24) is 10.0 Å². The molecule has 0 radical (unpaired) electrons. The highest BCUT2D eigenvalue weighted by molar-refractivity contribution is 7.97. The monoisotopic (exact) mass is 560 g/mol. The Kier molecular flexibility index (Phi) is 14.5. The number of carbonyl (C=O) groups is 1. The lowest BCUT2D eigenvalue weighted by molar-refractivity contribution is -0.140. The van der Waals surface area contributed by atoms with E-state index in [2.05, 4.69) is 14.8 Å². The van der Waals surface area contributed by atoms with E-state index in [1.165, 1.54) is 31.2 Å². The largest absolute Gasteiger partial charge is 0.497 e. The first-order valence-corrected chi connectivity index (χ1v) is 13.7. The number of benzene rings is 3. The van der Waals surface area contributed by atoms with Crippen molar-refractivity contribution >= 4 is 17.9 Å². The molecule has 0 aromatic heterocycles. The Labute approximate surface area is 234 Å². The van der Waals surface area contributed by atoms with Gasteiger partial charge in [0.2, 0.25) is 0 Å². The highest BCUT2D eigenvalue weighted by atomic mass is 32.2. The van der Waals surface area contributed by atoms with Crippen LogP contribution in [0, 0.1) is 11.6 Å². The number of carbonyl (C=O) groups excluding carboxylic acids is 1. The second-order valence-electron chi connectivity index (χ2n) is 8.58. The summed E-state index contributed by atoms with van der Waals surface area (Å²) in [6.07, 6.45) is 0.267. The van der Waals surface area contributed by atoms with Gasteiger partial charge in [-0.3, -0.25) is 9.52 Å². The van der Waals surface area contributed by atoms with Gasteiger partial charge >= 0.3 is 5.97 Å². The SMILES string of the molecule is CC.COC(=O)CCc1ccc(SN[C@@H](Cc2cc(F)cc(F)c2)[C@H](O)CNCc2cccc(OC)c2)cc1. The summed E-state index contributed by atoms with van der Waals surface area (Å²) in [7, 11) is 2.97. The van der Waals surface area contributed by atoms with Gasteiger partial charge in [0, 0.05) is 36.5 Å². The van der Waals surface area contributed by atoms with Crippen LogP contribution in [0.4, 0.5) is 8.78 Å². The Morgan fingerprint density at radius 2 is 1.64 bits per heavy atom. The fourth-order valence-electron chi connectivity index (χ4n) is 3.74. The lowest BCUT2D eigenvalue weighted by atomic mass is 10.0. The molecule has 0 aliphatic rings. The molecular weight excluding hydrogens is 522 g/mol. The first-order valence-electron chi connectivity index (χ1n) is 12.9. The molecule has 0 unspecified atom stereocenters. The number of hydrogen-bond acceptors (Lipinski definition) is 7. The van der Waals surface area contributed by atoms with Gasteiger partial charge in [-0.25, -0.2) is 8.78 Å². The van der Waals surface area contributed by atoms with Crippen LogP contribution in [0.15, 0.2) is 71.6 Å². The molecule has 9 heteroatoms. The fourth-order valence-corrected chi connectivity index (χ4v) is 4.54. The standard InChI is InChI=1S/C28H32F2N2O4S.C2H6/c1-35-24-5-3-4-20(14-24)17-31-18-27(33)26(15-21-12-22(29)16-23(30)13-21)32-37-25-9-6-19(7-10-25)8-11-28(34)36-2;1-2/h3-7,9-10,12-14,16,26-27,31-33H,8,11,15,17-18H2,1-2H3;1-2H3/t26-,27+;/m0./s1. The summed E-state index contributed by atoms with van der Waals surface area (Å²) < 4.78 is 40.7. The summed E-state index contributed by atoms with van der Waals surface area (Å²) >= 11 is 1.32. The molecule has 0 saturated carbocycles. The van der Waals surface area contributed by atoms with E-state index in [9.17, 15) is 18.7 Å². The van der Waals surface area contributed by atoms with Crippen molar-refractivity contribution in [2.75, 3.05) is 20.8 Å². The number of methoxy groups -OCH3 is 2. The van der Waals surface area contributed by atoms with E-state index in [4.69, 9.17) is 4.74 Å². The van der Waals surface area contributed by atoms with E-state index in [-0.39, 0.29) is 18.9 Å². The minimum Gasteiger partial charge on any atom is -0.497 e. The van der Waals surface area contributed by atoms with Gasteiger partial charge in [-0.2, -0.15) is 0 Å². The van der Waals surface area contributed by atoms with Crippen molar-refractivity contribution in [3.8, 4) is 5.75 Å². The second kappa shape index (κ2) is 17.6. The van der Waals surface area contributed by atoms with Crippen molar-refractivity contribution in [1.29, 1.82) is 0 Å². The molecule has 0 aliphatic carbocycles. The number of aliphatic hydroxyl groups is 1. The van der Waals surface area contributed by atoms with Gasteiger partial charge in [0.05, 0.1) is 20.3 Å². The molecule has 0 heterocycles. The Morgan fingerprint density at radius 3 is 2.28 bits per heavy atom. The van der Waals surface area contributed by atoms with E-state index in [0.29, 0.717) is 24.9 Å². The molecule has 3 N–H and O–H groups in total. The molecule has 0 saturated heterocycles. The highest BCUT2D eigenvalue weighted by Crippen LogP contribution is 2.20. The van der Waals surface area contributed by atoms with E-state index >= 15 is 0 Å². The first kappa shape index (κ1) is 32.2. The summed E-state index contributed by atoms with van der Waals surface area (Å²) in [4.78, 5) is 12.2. The fraction of sp³-hybridized carbons (Fsp3) is 0.367. The summed E-state index contributed by atoms with van der Waals surface area (Å²) in [6.45, 7) is 4.79. The lowest BCUT2D eigenvalue weighted by Crippen LogP contribution is -2.44. The van der Waals surface area contributed by atoms with Crippen molar-refractivity contribution in [2.45, 2.75) is 56.7 Å². The van der Waals surface area contributed by atoms with Gasteiger partial charge < -0.3 is 19.9 Å². The van der Waals surface area contributed by atoms with Crippen LogP contribution >= 0.6 is 11.9 Å². The summed E-state index contributed by atoms with van der Waals surface area (Å²) in [6, 6.07) is 18.2. The van der Waals surface area contributed by atoms with E-state index in [1.807, 2.05) is 62.4 Å². The Morgan fingerprint density at radius 1 is 0.949 bits per heavy atom. The number of ether oxygens (including phenoxy) is 2.